The summed E-state index contributed by atoms with van der Waals surface area (Å²) < 4.78 is 0. The van der Waals surface area contributed by atoms with Crippen molar-refractivity contribution in [2.24, 2.45) is 0 Å². The van der Waals surface area contributed by atoms with E-state index in [4.69, 9.17) is 0 Å². The lowest BCUT2D eigenvalue weighted by Crippen LogP contribution is -2.29. The molecule has 0 bridgehead atoms. The Morgan fingerprint density at radius 2 is 1.39 bits per heavy atom. The SMILES string of the molecule is Cc1ccc(C2=C(O)C(=O)N(Cc3ccccc3)C2c2ccc(C)cc2)cc1. The molecule has 3 nitrogen and oxygen atoms in total. The first kappa shape index (κ1) is 18.1. The maximum atomic E-state index is 13.0. The molecule has 1 aliphatic rings. The molecule has 0 saturated heterocycles. The van der Waals surface area contributed by atoms with Gasteiger partial charge in [-0.15, -0.1) is 0 Å². The summed E-state index contributed by atoms with van der Waals surface area (Å²) in [6.07, 6.45) is 0. The van der Waals surface area contributed by atoms with E-state index >= 15 is 0 Å². The Kier molecular flexibility index (Phi) is 4.74. The van der Waals surface area contributed by atoms with Crippen LogP contribution in [0.1, 0.15) is 33.9 Å². The maximum Gasteiger partial charge on any atom is 0.290 e. The monoisotopic (exact) mass is 369 g/mol. The van der Waals surface area contributed by atoms with E-state index in [0.717, 1.165) is 27.8 Å². The summed E-state index contributed by atoms with van der Waals surface area (Å²) in [5.41, 5.74) is 5.87. The van der Waals surface area contributed by atoms with Gasteiger partial charge in [-0.05, 0) is 30.5 Å². The van der Waals surface area contributed by atoms with Gasteiger partial charge in [0.15, 0.2) is 5.76 Å². The molecule has 0 spiro atoms. The molecule has 1 N–H and O–H groups in total. The van der Waals surface area contributed by atoms with Crippen molar-refractivity contribution in [1.82, 2.24) is 4.90 Å². The van der Waals surface area contributed by atoms with E-state index < -0.39 is 0 Å². The van der Waals surface area contributed by atoms with Crippen molar-refractivity contribution in [1.29, 1.82) is 0 Å². The molecule has 140 valence electrons. The van der Waals surface area contributed by atoms with Gasteiger partial charge in [0.25, 0.3) is 5.91 Å². The van der Waals surface area contributed by atoms with Gasteiger partial charge in [-0.25, -0.2) is 0 Å². The molecule has 0 aliphatic carbocycles. The molecule has 1 aliphatic heterocycles. The van der Waals surface area contributed by atoms with Gasteiger partial charge in [-0.2, -0.15) is 0 Å². The van der Waals surface area contributed by atoms with Gasteiger partial charge in [-0.3, -0.25) is 4.79 Å². The van der Waals surface area contributed by atoms with Gasteiger partial charge in [0.1, 0.15) is 0 Å². The number of aliphatic hydroxyl groups excluding tert-OH is 1. The molecule has 0 fully saturated rings. The maximum absolute atomic E-state index is 13.0. The fourth-order valence-corrected chi connectivity index (χ4v) is 3.72. The van der Waals surface area contributed by atoms with Crippen molar-refractivity contribution in [2.75, 3.05) is 0 Å². The van der Waals surface area contributed by atoms with Crippen molar-refractivity contribution < 1.29 is 9.90 Å². The van der Waals surface area contributed by atoms with Crippen LogP contribution in [0.25, 0.3) is 5.57 Å². The lowest BCUT2D eigenvalue weighted by molar-refractivity contribution is -0.130. The normalized spacial score (nSPS) is 16.7. The molecule has 1 heterocycles. The Balaban J connectivity index is 1.81. The highest BCUT2D eigenvalue weighted by Gasteiger charge is 2.40. The molecule has 4 rings (SSSR count). The highest BCUT2D eigenvalue weighted by atomic mass is 16.3. The van der Waals surface area contributed by atoms with Crippen LogP contribution in [0.3, 0.4) is 0 Å². The van der Waals surface area contributed by atoms with Crippen LogP contribution < -0.4 is 0 Å². The lowest BCUT2D eigenvalue weighted by atomic mass is 9.92. The predicted octanol–water partition coefficient (Wildman–Crippen LogP) is 5.36. The molecule has 28 heavy (non-hydrogen) atoms. The molecule has 1 atom stereocenters. The molecule has 0 aromatic heterocycles. The zero-order valence-electron chi connectivity index (χ0n) is 16.1. The average Bonchev–Trinajstić information content (AvgIpc) is 2.95. The fourth-order valence-electron chi connectivity index (χ4n) is 3.72. The molecule has 1 unspecified atom stereocenters. The summed E-state index contributed by atoms with van der Waals surface area (Å²) in [7, 11) is 0. The predicted molar refractivity (Wildman–Crippen MR) is 112 cm³/mol. The molecule has 1 amide bonds. The van der Waals surface area contributed by atoms with Crippen LogP contribution in [0.5, 0.6) is 0 Å². The third kappa shape index (κ3) is 3.31. The van der Waals surface area contributed by atoms with Gasteiger partial charge in [0.05, 0.1) is 6.04 Å². The highest BCUT2D eigenvalue weighted by molar-refractivity contribution is 6.05. The minimum Gasteiger partial charge on any atom is -0.503 e. The molecule has 0 saturated carbocycles. The van der Waals surface area contributed by atoms with Crippen molar-refractivity contribution >= 4 is 11.5 Å². The summed E-state index contributed by atoms with van der Waals surface area (Å²) in [6.45, 7) is 4.51. The number of nitrogens with zero attached hydrogens (tertiary/aromatic N) is 1. The molecule has 3 heteroatoms. The van der Waals surface area contributed by atoms with Gasteiger partial charge in [-0.1, -0.05) is 90.0 Å². The van der Waals surface area contributed by atoms with E-state index in [1.165, 1.54) is 0 Å². The molecule has 0 radical (unpaired) electrons. The third-order valence-electron chi connectivity index (χ3n) is 5.26. The second-order valence-electron chi connectivity index (χ2n) is 7.36. The van der Waals surface area contributed by atoms with Gasteiger partial charge in [0, 0.05) is 12.1 Å². The minimum absolute atomic E-state index is 0.162. The Bertz CT molecular complexity index is 1020. The minimum atomic E-state index is -0.329. The van der Waals surface area contributed by atoms with Gasteiger partial charge in [0.2, 0.25) is 0 Å². The van der Waals surface area contributed by atoms with Gasteiger partial charge < -0.3 is 10.0 Å². The van der Waals surface area contributed by atoms with Crippen LogP contribution in [0.2, 0.25) is 0 Å². The smallest absolute Gasteiger partial charge is 0.290 e. The Morgan fingerprint density at radius 3 is 2.00 bits per heavy atom. The fraction of sp³-hybridized carbons (Fsp3) is 0.160. The van der Waals surface area contributed by atoms with Crippen LogP contribution in [0.4, 0.5) is 0 Å². The molecular formula is C25H23NO2. The number of aliphatic hydroxyl groups is 1. The number of amides is 1. The van der Waals surface area contributed by atoms with E-state index in [1.807, 2.05) is 92.7 Å². The van der Waals surface area contributed by atoms with E-state index in [2.05, 4.69) is 0 Å². The first-order chi connectivity index (χ1) is 13.5. The number of rotatable bonds is 4. The van der Waals surface area contributed by atoms with Crippen molar-refractivity contribution in [3.05, 3.63) is 112 Å². The second kappa shape index (κ2) is 7.35. The highest BCUT2D eigenvalue weighted by Crippen LogP contribution is 2.43. The van der Waals surface area contributed by atoms with Crippen LogP contribution >= 0.6 is 0 Å². The first-order valence-electron chi connectivity index (χ1n) is 9.46. The number of benzene rings is 3. The summed E-state index contributed by atoms with van der Waals surface area (Å²) in [5, 5.41) is 10.8. The zero-order chi connectivity index (χ0) is 19.7. The lowest BCUT2D eigenvalue weighted by Gasteiger charge is -2.27. The molecular weight excluding hydrogens is 346 g/mol. The Hall–Kier alpha value is -3.33. The number of hydrogen-bond donors (Lipinski definition) is 1. The Labute approximate surface area is 165 Å². The first-order valence-corrected chi connectivity index (χ1v) is 9.46. The van der Waals surface area contributed by atoms with Crippen molar-refractivity contribution in [3.63, 3.8) is 0 Å². The van der Waals surface area contributed by atoms with Crippen LogP contribution in [0, 0.1) is 13.8 Å². The summed E-state index contributed by atoms with van der Waals surface area (Å²) in [6, 6.07) is 25.7. The van der Waals surface area contributed by atoms with Gasteiger partial charge >= 0.3 is 0 Å². The largest absolute Gasteiger partial charge is 0.503 e. The zero-order valence-corrected chi connectivity index (χ0v) is 16.1. The van der Waals surface area contributed by atoms with E-state index in [1.54, 1.807) is 4.90 Å². The van der Waals surface area contributed by atoms with Crippen LogP contribution in [-0.2, 0) is 11.3 Å². The number of hydrogen-bond acceptors (Lipinski definition) is 2. The van der Waals surface area contributed by atoms with Crippen molar-refractivity contribution in [3.8, 4) is 0 Å². The van der Waals surface area contributed by atoms with Crippen LogP contribution in [-0.4, -0.2) is 15.9 Å². The number of carbonyl (C=O) groups is 1. The summed E-state index contributed by atoms with van der Waals surface area (Å²) in [5.74, 6) is -0.490. The number of carbonyl (C=O) groups excluding carboxylic acids is 1. The van der Waals surface area contributed by atoms with E-state index in [-0.39, 0.29) is 17.7 Å². The number of aryl methyl sites for hydroxylation is 2. The second-order valence-corrected chi connectivity index (χ2v) is 7.36. The topological polar surface area (TPSA) is 40.5 Å². The summed E-state index contributed by atoms with van der Waals surface area (Å²) in [4.78, 5) is 14.8. The van der Waals surface area contributed by atoms with Crippen molar-refractivity contribution in [2.45, 2.75) is 26.4 Å². The van der Waals surface area contributed by atoms with E-state index in [9.17, 15) is 9.90 Å². The molecule has 3 aromatic rings. The summed E-state index contributed by atoms with van der Waals surface area (Å²) >= 11 is 0. The average molecular weight is 369 g/mol. The Morgan fingerprint density at radius 1 is 0.821 bits per heavy atom. The van der Waals surface area contributed by atoms with Crippen LogP contribution in [0.15, 0.2) is 84.6 Å². The quantitative estimate of drug-likeness (QED) is 0.673. The van der Waals surface area contributed by atoms with E-state index in [0.29, 0.717) is 12.1 Å². The molecule has 3 aromatic carbocycles. The standard InChI is InChI=1S/C25H23NO2/c1-17-8-12-20(13-9-17)22-23(21-14-10-18(2)11-15-21)26(25(28)24(22)27)16-19-6-4-3-5-7-19/h3-15,23,27H,16H2,1-2H3. The third-order valence-corrected chi connectivity index (χ3v) is 5.26.